The lowest BCUT2D eigenvalue weighted by Gasteiger charge is -2.15. The standard InChI is InChI=1S/C20H19Cl2NO.ClH/c1-2-23-12-18-17-6-4-3-5-14(17)8-10-20(18)24-13-15-7-9-16(21)11-19(15)22;/h3-11,23H,2,12-13H2,1H3;1H. The molecule has 0 heterocycles. The van der Waals surface area contributed by atoms with Crippen LogP contribution in [0.2, 0.25) is 10.0 Å². The minimum absolute atomic E-state index is 0. The summed E-state index contributed by atoms with van der Waals surface area (Å²) in [5, 5.41) is 7.06. The van der Waals surface area contributed by atoms with Gasteiger partial charge in [0.1, 0.15) is 12.4 Å². The van der Waals surface area contributed by atoms with E-state index in [1.807, 2.05) is 24.3 Å². The van der Waals surface area contributed by atoms with E-state index < -0.39 is 0 Å². The van der Waals surface area contributed by atoms with Gasteiger partial charge in [-0.25, -0.2) is 0 Å². The lowest BCUT2D eigenvalue weighted by molar-refractivity contribution is 0.303. The van der Waals surface area contributed by atoms with Crippen LogP contribution < -0.4 is 10.1 Å². The van der Waals surface area contributed by atoms with E-state index in [9.17, 15) is 0 Å². The SMILES string of the molecule is CCNCc1c(OCc2ccc(Cl)cc2Cl)ccc2ccccc12.Cl. The molecule has 0 fully saturated rings. The van der Waals surface area contributed by atoms with E-state index in [1.54, 1.807) is 6.07 Å². The molecule has 0 atom stereocenters. The summed E-state index contributed by atoms with van der Waals surface area (Å²) in [6.45, 7) is 4.18. The second-order valence-electron chi connectivity index (χ2n) is 5.57. The molecule has 0 radical (unpaired) electrons. The number of rotatable bonds is 6. The summed E-state index contributed by atoms with van der Waals surface area (Å²) in [5.41, 5.74) is 2.09. The summed E-state index contributed by atoms with van der Waals surface area (Å²) in [6, 6.07) is 17.9. The lowest BCUT2D eigenvalue weighted by Crippen LogP contribution is -2.13. The quantitative estimate of drug-likeness (QED) is 0.531. The highest BCUT2D eigenvalue weighted by molar-refractivity contribution is 6.35. The topological polar surface area (TPSA) is 21.3 Å². The molecule has 0 saturated heterocycles. The number of fused-ring (bicyclic) bond motifs is 1. The van der Waals surface area contributed by atoms with Crippen molar-refractivity contribution < 1.29 is 4.74 Å². The monoisotopic (exact) mass is 395 g/mol. The fourth-order valence-electron chi connectivity index (χ4n) is 2.68. The first kappa shape index (κ1) is 19.9. The fraction of sp³-hybridized carbons (Fsp3) is 0.200. The zero-order valence-corrected chi connectivity index (χ0v) is 16.2. The van der Waals surface area contributed by atoms with Gasteiger partial charge in [0.25, 0.3) is 0 Å². The average Bonchev–Trinajstić information content (AvgIpc) is 2.59. The third-order valence-electron chi connectivity index (χ3n) is 3.95. The van der Waals surface area contributed by atoms with Gasteiger partial charge < -0.3 is 10.1 Å². The van der Waals surface area contributed by atoms with Gasteiger partial charge in [0.05, 0.1) is 0 Å². The molecule has 3 aromatic rings. The molecular formula is C20H20Cl3NO. The van der Waals surface area contributed by atoms with Gasteiger partial charge in [-0.15, -0.1) is 12.4 Å². The van der Waals surface area contributed by atoms with Gasteiger partial charge >= 0.3 is 0 Å². The molecule has 25 heavy (non-hydrogen) atoms. The average molecular weight is 397 g/mol. The smallest absolute Gasteiger partial charge is 0.124 e. The normalized spacial score (nSPS) is 10.5. The molecule has 132 valence electrons. The Morgan fingerprint density at radius 1 is 1.00 bits per heavy atom. The van der Waals surface area contributed by atoms with E-state index in [2.05, 4.69) is 36.5 Å². The number of nitrogens with one attached hydrogen (secondary N) is 1. The van der Waals surface area contributed by atoms with E-state index >= 15 is 0 Å². The summed E-state index contributed by atoms with van der Waals surface area (Å²) in [6.07, 6.45) is 0. The Balaban J connectivity index is 0.00000225. The maximum absolute atomic E-state index is 6.24. The number of ether oxygens (including phenoxy) is 1. The molecule has 2 nitrogen and oxygen atoms in total. The van der Waals surface area contributed by atoms with Crippen LogP contribution in [0.25, 0.3) is 10.8 Å². The predicted molar refractivity (Wildman–Crippen MR) is 109 cm³/mol. The van der Waals surface area contributed by atoms with Gasteiger partial charge in [-0.1, -0.05) is 66.5 Å². The van der Waals surface area contributed by atoms with Crippen molar-refractivity contribution in [2.45, 2.75) is 20.1 Å². The van der Waals surface area contributed by atoms with E-state index in [1.165, 1.54) is 16.3 Å². The van der Waals surface area contributed by atoms with Gasteiger partial charge in [-0.3, -0.25) is 0 Å². The molecule has 0 spiro atoms. The van der Waals surface area contributed by atoms with Crippen molar-refractivity contribution in [3.63, 3.8) is 0 Å². The van der Waals surface area contributed by atoms with Crippen molar-refractivity contribution in [1.82, 2.24) is 5.32 Å². The summed E-state index contributed by atoms with van der Waals surface area (Å²) in [5.74, 6) is 0.876. The van der Waals surface area contributed by atoms with Gasteiger partial charge in [-0.2, -0.15) is 0 Å². The number of benzene rings is 3. The molecule has 1 N–H and O–H groups in total. The number of hydrogen-bond acceptors (Lipinski definition) is 2. The summed E-state index contributed by atoms with van der Waals surface area (Å²) in [4.78, 5) is 0. The number of halogens is 3. The van der Waals surface area contributed by atoms with E-state index in [0.29, 0.717) is 16.7 Å². The van der Waals surface area contributed by atoms with Crippen LogP contribution in [0.4, 0.5) is 0 Å². The van der Waals surface area contributed by atoms with Crippen LogP contribution in [-0.4, -0.2) is 6.54 Å². The Morgan fingerprint density at radius 3 is 2.56 bits per heavy atom. The highest BCUT2D eigenvalue weighted by Gasteiger charge is 2.10. The Hall–Kier alpha value is -1.45. The second-order valence-corrected chi connectivity index (χ2v) is 6.41. The fourth-order valence-corrected chi connectivity index (χ4v) is 3.14. The molecule has 3 aromatic carbocycles. The summed E-state index contributed by atoms with van der Waals surface area (Å²) < 4.78 is 6.08. The third kappa shape index (κ3) is 4.80. The van der Waals surface area contributed by atoms with Crippen LogP contribution in [0.15, 0.2) is 54.6 Å². The van der Waals surface area contributed by atoms with Gasteiger partial charge in [0.15, 0.2) is 0 Å². The maximum Gasteiger partial charge on any atom is 0.124 e. The van der Waals surface area contributed by atoms with E-state index in [0.717, 1.165) is 24.4 Å². The van der Waals surface area contributed by atoms with Crippen LogP contribution in [0.3, 0.4) is 0 Å². The zero-order valence-electron chi connectivity index (χ0n) is 13.9. The van der Waals surface area contributed by atoms with Gasteiger partial charge in [-0.05, 0) is 35.5 Å². The van der Waals surface area contributed by atoms with Crippen LogP contribution in [-0.2, 0) is 13.2 Å². The van der Waals surface area contributed by atoms with Crippen molar-refractivity contribution in [2.75, 3.05) is 6.54 Å². The third-order valence-corrected chi connectivity index (χ3v) is 4.53. The van der Waals surface area contributed by atoms with Crippen LogP contribution in [0.5, 0.6) is 5.75 Å². The highest BCUT2D eigenvalue weighted by atomic mass is 35.5. The summed E-state index contributed by atoms with van der Waals surface area (Å²) in [7, 11) is 0. The van der Waals surface area contributed by atoms with Crippen molar-refractivity contribution in [3.8, 4) is 5.75 Å². The van der Waals surface area contributed by atoms with Crippen molar-refractivity contribution in [3.05, 3.63) is 75.8 Å². The van der Waals surface area contributed by atoms with Crippen molar-refractivity contribution in [1.29, 1.82) is 0 Å². The molecule has 0 aliphatic carbocycles. The maximum atomic E-state index is 6.24. The first-order valence-electron chi connectivity index (χ1n) is 7.97. The molecule has 5 heteroatoms. The van der Waals surface area contributed by atoms with E-state index in [4.69, 9.17) is 27.9 Å². The molecule has 0 aliphatic heterocycles. The first-order valence-corrected chi connectivity index (χ1v) is 8.72. The molecular weight excluding hydrogens is 377 g/mol. The summed E-state index contributed by atoms with van der Waals surface area (Å²) >= 11 is 12.2. The molecule has 0 unspecified atom stereocenters. The van der Waals surface area contributed by atoms with Crippen LogP contribution in [0, 0.1) is 0 Å². The van der Waals surface area contributed by atoms with Gasteiger partial charge in [0, 0.05) is 27.7 Å². The second kappa shape index (κ2) is 9.30. The Labute approximate surface area is 164 Å². The minimum atomic E-state index is 0. The van der Waals surface area contributed by atoms with E-state index in [-0.39, 0.29) is 12.4 Å². The lowest BCUT2D eigenvalue weighted by atomic mass is 10.0. The van der Waals surface area contributed by atoms with Gasteiger partial charge in [0.2, 0.25) is 0 Å². The molecule has 0 saturated carbocycles. The molecule has 0 aliphatic rings. The zero-order chi connectivity index (χ0) is 16.9. The molecule has 0 aromatic heterocycles. The largest absolute Gasteiger partial charge is 0.488 e. The Morgan fingerprint density at radius 2 is 1.80 bits per heavy atom. The number of hydrogen-bond donors (Lipinski definition) is 1. The minimum Gasteiger partial charge on any atom is -0.488 e. The molecule has 0 bridgehead atoms. The van der Waals surface area contributed by atoms with Crippen LogP contribution in [0.1, 0.15) is 18.1 Å². The van der Waals surface area contributed by atoms with Crippen molar-refractivity contribution >= 4 is 46.4 Å². The molecule has 0 amide bonds. The van der Waals surface area contributed by atoms with Crippen molar-refractivity contribution in [2.24, 2.45) is 0 Å². The Bertz CT molecular complexity index is 851. The first-order chi connectivity index (χ1) is 11.7. The Kier molecular flexibility index (Phi) is 7.39. The molecule has 3 rings (SSSR count). The highest BCUT2D eigenvalue weighted by Crippen LogP contribution is 2.30. The predicted octanol–water partition coefficient (Wildman–Crippen LogP) is 6.26. The van der Waals surface area contributed by atoms with Crippen LogP contribution >= 0.6 is 35.6 Å².